The molecule has 0 saturated heterocycles. The highest BCUT2D eigenvalue weighted by Crippen LogP contribution is 2.22. The molecule has 0 aromatic heterocycles. The summed E-state index contributed by atoms with van der Waals surface area (Å²) in [6.45, 7) is 1.38. The zero-order valence-corrected chi connectivity index (χ0v) is 14.5. The van der Waals surface area contributed by atoms with E-state index in [4.69, 9.17) is 16.3 Å². The van der Waals surface area contributed by atoms with Gasteiger partial charge in [-0.3, -0.25) is 14.9 Å². The van der Waals surface area contributed by atoms with Crippen LogP contribution in [0.25, 0.3) is 6.08 Å². The smallest absolute Gasteiger partial charge is 0.331 e. The number of carbonyl (C=O) groups is 2. The van der Waals surface area contributed by atoms with Crippen LogP contribution < -0.4 is 5.32 Å². The first-order valence-electron chi connectivity index (χ1n) is 7.50. The highest BCUT2D eigenvalue weighted by atomic mass is 35.5. The number of amides is 1. The van der Waals surface area contributed by atoms with Gasteiger partial charge in [0.05, 0.1) is 15.6 Å². The van der Waals surface area contributed by atoms with Crippen molar-refractivity contribution >= 4 is 40.9 Å². The van der Waals surface area contributed by atoms with E-state index >= 15 is 0 Å². The molecule has 0 radical (unpaired) electrons. The molecule has 134 valence electrons. The minimum atomic E-state index is -0.748. The number of nitro groups is 1. The first-order valence-corrected chi connectivity index (χ1v) is 7.88. The number of anilines is 1. The van der Waals surface area contributed by atoms with Crippen LogP contribution in [0.15, 0.2) is 48.5 Å². The van der Waals surface area contributed by atoms with E-state index in [0.717, 1.165) is 11.6 Å². The molecule has 7 nitrogen and oxygen atoms in total. The van der Waals surface area contributed by atoms with Crippen molar-refractivity contribution in [3.05, 3.63) is 74.8 Å². The molecule has 1 N–H and O–H groups in total. The Labute approximate surface area is 154 Å². The number of rotatable bonds is 6. The van der Waals surface area contributed by atoms with E-state index in [-0.39, 0.29) is 5.69 Å². The highest BCUT2D eigenvalue weighted by Gasteiger charge is 2.09. The fourth-order valence-corrected chi connectivity index (χ4v) is 2.28. The van der Waals surface area contributed by atoms with Crippen LogP contribution in [0.1, 0.15) is 11.1 Å². The summed E-state index contributed by atoms with van der Waals surface area (Å²) in [5.41, 5.74) is 1.75. The van der Waals surface area contributed by atoms with Crippen LogP contribution in [0.3, 0.4) is 0 Å². The number of hydrogen-bond donors (Lipinski definition) is 1. The Hall–Kier alpha value is -3.19. The molecule has 2 rings (SSSR count). The van der Waals surface area contributed by atoms with Gasteiger partial charge in [-0.2, -0.15) is 0 Å². The van der Waals surface area contributed by atoms with Crippen LogP contribution in [-0.2, 0) is 14.3 Å². The monoisotopic (exact) mass is 374 g/mol. The Balaban J connectivity index is 1.87. The Kier molecular flexibility index (Phi) is 6.46. The van der Waals surface area contributed by atoms with Gasteiger partial charge in [0, 0.05) is 18.2 Å². The number of nitrogens with one attached hydrogen (secondary N) is 1. The molecule has 26 heavy (non-hydrogen) atoms. The molecule has 0 bridgehead atoms. The molecule has 0 heterocycles. The minimum Gasteiger partial charge on any atom is -0.452 e. The third-order valence-corrected chi connectivity index (χ3v) is 3.55. The molecule has 0 fully saturated rings. The van der Waals surface area contributed by atoms with Gasteiger partial charge in [-0.05, 0) is 36.3 Å². The summed E-state index contributed by atoms with van der Waals surface area (Å²) < 4.78 is 4.82. The van der Waals surface area contributed by atoms with Gasteiger partial charge >= 0.3 is 5.97 Å². The Morgan fingerprint density at radius 3 is 2.73 bits per heavy atom. The standard InChI is InChI=1S/C18H15ClN2O5/c1-12-5-7-16(15(19)9-12)20-17(22)11-26-18(23)8-6-13-3-2-4-14(10-13)21(24)25/h2-10H,11H2,1H3,(H,20,22)/b8-6+. The number of nitro benzene ring substituents is 1. The largest absolute Gasteiger partial charge is 0.452 e. The fourth-order valence-electron chi connectivity index (χ4n) is 2.00. The number of benzene rings is 2. The molecule has 8 heteroatoms. The normalized spacial score (nSPS) is 10.5. The van der Waals surface area contributed by atoms with E-state index in [1.807, 2.05) is 6.92 Å². The maximum absolute atomic E-state index is 11.8. The summed E-state index contributed by atoms with van der Waals surface area (Å²) in [7, 11) is 0. The zero-order valence-electron chi connectivity index (χ0n) is 13.8. The molecule has 0 aliphatic carbocycles. The molecule has 0 atom stereocenters. The molecule has 0 saturated carbocycles. The molecule has 0 unspecified atom stereocenters. The van der Waals surface area contributed by atoms with Gasteiger partial charge < -0.3 is 10.1 Å². The summed E-state index contributed by atoms with van der Waals surface area (Å²) in [6.07, 6.45) is 2.45. The second-order valence-electron chi connectivity index (χ2n) is 5.32. The zero-order chi connectivity index (χ0) is 19.1. The Bertz CT molecular complexity index is 880. The van der Waals surface area contributed by atoms with E-state index in [0.29, 0.717) is 16.3 Å². The lowest BCUT2D eigenvalue weighted by Crippen LogP contribution is -2.20. The number of esters is 1. The van der Waals surface area contributed by atoms with Gasteiger partial charge in [-0.15, -0.1) is 0 Å². The van der Waals surface area contributed by atoms with E-state index in [9.17, 15) is 19.7 Å². The van der Waals surface area contributed by atoms with Crippen LogP contribution in [0.2, 0.25) is 5.02 Å². The van der Waals surface area contributed by atoms with Crippen molar-refractivity contribution in [3.8, 4) is 0 Å². The van der Waals surface area contributed by atoms with Crippen LogP contribution >= 0.6 is 11.6 Å². The van der Waals surface area contributed by atoms with Gasteiger partial charge in [0.2, 0.25) is 0 Å². The maximum Gasteiger partial charge on any atom is 0.331 e. The summed E-state index contributed by atoms with van der Waals surface area (Å²) >= 11 is 6.01. The average molecular weight is 375 g/mol. The van der Waals surface area contributed by atoms with Crippen molar-refractivity contribution in [2.24, 2.45) is 0 Å². The topological polar surface area (TPSA) is 98.5 Å². The lowest BCUT2D eigenvalue weighted by Gasteiger charge is -2.07. The van der Waals surface area contributed by atoms with Crippen molar-refractivity contribution in [2.75, 3.05) is 11.9 Å². The minimum absolute atomic E-state index is 0.0881. The predicted octanol–water partition coefficient (Wildman–Crippen LogP) is 3.75. The maximum atomic E-state index is 11.8. The third kappa shape index (κ3) is 5.71. The molecule has 0 spiro atoms. The van der Waals surface area contributed by atoms with E-state index in [2.05, 4.69) is 5.32 Å². The summed E-state index contributed by atoms with van der Waals surface area (Å²) in [5, 5.41) is 13.6. The van der Waals surface area contributed by atoms with Crippen molar-refractivity contribution in [3.63, 3.8) is 0 Å². The Morgan fingerprint density at radius 2 is 2.04 bits per heavy atom. The third-order valence-electron chi connectivity index (χ3n) is 3.24. The Morgan fingerprint density at radius 1 is 1.27 bits per heavy atom. The van der Waals surface area contributed by atoms with Crippen LogP contribution in [-0.4, -0.2) is 23.4 Å². The summed E-state index contributed by atoms with van der Waals surface area (Å²) in [6, 6.07) is 10.9. The molecular formula is C18H15ClN2O5. The highest BCUT2D eigenvalue weighted by molar-refractivity contribution is 6.33. The number of aryl methyl sites for hydroxylation is 1. The van der Waals surface area contributed by atoms with Crippen molar-refractivity contribution < 1.29 is 19.2 Å². The number of ether oxygens (including phenoxy) is 1. The van der Waals surface area contributed by atoms with Crippen LogP contribution in [0.4, 0.5) is 11.4 Å². The van der Waals surface area contributed by atoms with Crippen molar-refractivity contribution in [1.29, 1.82) is 0 Å². The van der Waals surface area contributed by atoms with E-state index < -0.39 is 23.4 Å². The van der Waals surface area contributed by atoms with Crippen molar-refractivity contribution in [2.45, 2.75) is 6.92 Å². The SMILES string of the molecule is Cc1ccc(NC(=O)COC(=O)/C=C/c2cccc([N+](=O)[O-])c2)c(Cl)c1. The van der Waals surface area contributed by atoms with Gasteiger partial charge in [0.1, 0.15) is 0 Å². The molecule has 2 aromatic carbocycles. The van der Waals surface area contributed by atoms with E-state index in [1.165, 1.54) is 24.3 Å². The lowest BCUT2D eigenvalue weighted by atomic mass is 10.2. The second-order valence-corrected chi connectivity index (χ2v) is 5.73. The van der Waals surface area contributed by atoms with Crippen molar-refractivity contribution in [1.82, 2.24) is 0 Å². The summed E-state index contributed by atoms with van der Waals surface area (Å²) in [4.78, 5) is 33.6. The molecule has 0 aliphatic heterocycles. The first kappa shape index (κ1) is 19.1. The molecular weight excluding hydrogens is 360 g/mol. The number of non-ortho nitro benzene ring substituents is 1. The van der Waals surface area contributed by atoms with Crippen LogP contribution in [0.5, 0.6) is 0 Å². The van der Waals surface area contributed by atoms with Crippen LogP contribution in [0, 0.1) is 17.0 Å². The first-order chi connectivity index (χ1) is 12.3. The quantitative estimate of drug-likeness (QED) is 0.359. The summed E-state index contributed by atoms with van der Waals surface area (Å²) in [5.74, 6) is -1.28. The number of nitrogens with zero attached hydrogens (tertiary/aromatic N) is 1. The van der Waals surface area contributed by atoms with Gasteiger partial charge in [-0.25, -0.2) is 4.79 Å². The van der Waals surface area contributed by atoms with Gasteiger partial charge in [0.25, 0.3) is 11.6 Å². The van der Waals surface area contributed by atoms with Gasteiger partial charge in [0.15, 0.2) is 6.61 Å². The number of halogens is 1. The van der Waals surface area contributed by atoms with Gasteiger partial charge in [-0.1, -0.05) is 29.8 Å². The molecule has 0 aliphatic rings. The average Bonchev–Trinajstić information content (AvgIpc) is 2.61. The lowest BCUT2D eigenvalue weighted by molar-refractivity contribution is -0.384. The predicted molar refractivity (Wildman–Crippen MR) is 97.9 cm³/mol. The number of hydrogen-bond acceptors (Lipinski definition) is 5. The molecule has 2 aromatic rings. The molecule has 1 amide bonds. The number of carbonyl (C=O) groups excluding carboxylic acids is 2. The fraction of sp³-hybridized carbons (Fsp3) is 0.111. The van der Waals surface area contributed by atoms with E-state index in [1.54, 1.807) is 24.3 Å². The second kappa shape index (κ2) is 8.77.